The minimum atomic E-state index is -0.114. The molecular weight excluding hydrogens is 268 g/mol. The van der Waals surface area contributed by atoms with Gasteiger partial charge in [-0.25, -0.2) is 0 Å². The summed E-state index contributed by atoms with van der Waals surface area (Å²) in [7, 11) is 1.54. The van der Waals surface area contributed by atoms with Gasteiger partial charge in [0.1, 0.15) is 0 Å². The summed E-state index contributed by atoms with van der Waals surface area (Å²) < 4.78 is 10.8. The van der Waals surface area contributed by atoms with Crippen LogP contribution in [0.4, 0.5) is 0 Å². The van der Waals surface area contributed by atoms with Crippen molar-refractivity contribution in [3.63, 3.8) is 0 Å². The van der Waals surface area contributed by atoms with Crippen molar-refractivity contribution < 1.29 is 9.47 Å². The fourth-order valence-corrected chi connectivity index (χ4v) is 1.59. The maximum atomic E-state index is 6.14. The molecule has 7 heteroatoms. The predicted octanol–water partition coefficient (Wildman–Crippen LogP) is 1.74. The maximum Gasteiger partial charge on any atom is 0.211 e. The van der Waals surface area contributed by atoms with E-state index in [0.29, 0.717) is 28.7 Å². The standard InChI is InChI=1S/C12H17ClN4O2/c1-3-4-19-11-9(13)5-8(6-10(11)18-2)7-16-17-12(14)15/h5-7H,3-4H2,1-2H3,(H4,14,15,17)/b16-7+. The second kappa shape index (κ2) is 7.48. The predicted molar refractivity (Wildman–Crippen MR) is 77.2 cm³/mol. The molecule has 0 spiro atoms. The smallest absolute Gasteiger partial charge is 0.211 e. The Morgan fingerprint density at radius 2 is 2.16 bits per heavy atom. The van der Waals surface area contributed by atoms with E-state index in [1.807, 2.05) is 6.92 Å². The third kappa shape index (κ3) is 4.67. The van der Waals surface area contributed by atoms with E-state index < -0.39 is 0 Å². The summed E-state index contributed by atoms with van der Waals surface area (Å²) in [5.41, 5.74) is 11.0. The van der Waals surface area contributed by atoms with Gasteiger partial charge in [0.2, 0.25) is 5.96 Å². The zero-order valence-corrected chi connectivity index (χ0v) is 11.6. The fourth-order valence-electron chi connectivity index (χ4n) is 1.32. The summed E-state index contributed by atoms with van der Waals surface area (Å²) in [6.07, 6.45) is 2.35. The van der Waals surface area contributed by atoms with Crippen LogP contribution in [0.15, 0.2) is 22.3 Å². The van der Waals surface area contributed by atoms with E-state index in [4.69, 9.17) is 32.5 Å². The highest BCUT2D eigenvalue weighted by Gasteiger charge is 2.11. The van der Waals surface area contributed by atoms with E-state index in [1.165, 1.54) is 6.21 Å². The molecule has 0 aliphatic rings. The Labute approximate surface area is 117 Å². The van der Waals surface area contributed by atoms with Crippen LogP contribution in [0.3, 0.4) is 0 Å². The van der Waals surface area contributed by atoms with Gasteiger partial charge in [-0.1, -0.05) is 18.5 Å². The lowest BCUT2D eigenvalue weighted by molar-refractivity contribution is 0.294. The Hall–Kier alpha value is -1.95. The van der Waals surface area contributed by atoms with E-state index in [2.05, 4.69) is 10.2 Å². The van der Waals surface area contributed by atoms with Gasteiger partial charge in [-0.2, -0.15) is 5.10 Å². The minimum Gasteiger partial charge on any atom is -0.493 e. The molecule has 0 unspecified atom stereocenters. The van der Waals surface area contributed by atoms with Crippen LogP contribution < -0.4 is 20.9 Å². The number of halogens is 1. The average Bonchev–Trinajstić information content (AvgIpc) is 2.36. The molecule has 0 heterocycles. The third-order valence-corrected chi connectivity index (χ3v) is 2.36. The normalized spacial score (nSPS) is 10.5. The molecule has 19 heavy (non-hydrogen) atoms. The third-order valence-electron chi connectivity index (χ3n) is 2.08. The lowest BCUT2D eigenvalue weighted by Gasteiger charge is -2.12. The summed E-state index contributed by atoms with van der Waals surface area (Å²) in [5.74, 6) is 0.939. The Bertz CT molecular complexity index is 485. The van der Waals surface area contributed by atoms with Crippen LogP contribution in [0.2, 0.25) is 5.02 Å². The molecule has 0 aromatic heterocycles. The van der Waals surface area contributed by atoms with Crippen molar-refractivity contribution in [3.8, 4) is 11.5 Å². The van der Waals surface area contributed by atoms with Gasteiger partial charge in [0, 0.05) is 5.56 Å². The van der Waals surface area contributed by atoms with Gasteiger partial charge in [0.25, 0.3) is 0 Å². The van der Waals surface area contributed by atoms with Gasteiger partial charge in [0.05, 0.1) is 25.0 Å². The molecule has 1 rings (SSSR count). The van der Waals surface area contributed by atoms with Crippen LogP contribution in [0.5, 0.6) is 11.5 Å². The number of rotatable bonds is 6. The molecule has 0 bridgehead atoms. The molecule has 0 atom stereocenters. The Morgan fingerprint density at radius 3 is 2.74 bits per heavy atom. The Morgan fingerprint density at radius 1 is 1.42 bits per heavy atom. The summed E-state index contributed by atoms with van der Waals surface area (Å²) in [6, 6.07) is 3.43. The first-order valence-corrected chi connectivity index (χ1v) is 6.08. The fraction of sp³-hybridized carbons (Fsp3) is 0.333. The molecule has 0 radical (unpaired) electrons. The highest BCUT2D eigenvalue weighted by Crippen LogP contribution is 2.36. The second-order valence-corrected chi connectivity index (χ2v) is 4.06. The van der Waals surface area contributed by atoms with E-state index >= 15 is 0 Å². The first kappa shape index (κ1) is 15.1. The maximum absolute atomic E-state index is 6.14. The number of guanidine groups is 1. The molecule has 0 saturated carbocycles. The average molecular weight is 285 g/mol. The monoisotopic (exact) mass is 284 g/mol. The topological polar surface area (TPSA) is 95.2 Å². The number of hydrogen-bond acceptors (Lipinski definition) is 4. The van der Waals surface area contributed by atoms with E-state index in [9.17, 15) is 0 Å². The number of methoxy groups -OCH3 is 1. The van der Waals surface area contributed by atoms with Gasteiger partial charge in [-0.15, -0.1) is 5.10 Å². The van der Waals surface area contributed by atoms with Gasteiger partial charge < -0.3 is 20.9 Å². The zero-order chi connectivity index (χ0) is 14.3. The first-order valence-electron chi connectivity index (χ1n) is 5.70. The van der Waals surface area contributed by atoms with Crippen LogP contribution >= 0.6 is 11.6 Å². The van der Waals surface area contributed by atoms with Crippen LogP contribution in [-0.4, -0.2) is 25.9 Å². The molecule has 0 fully saturated rings. The number of hydrogen-bond donors (Lipinski definition) is 2. The van der Waals surface area contributed by atoms with Crippen molar-refractivity contribution in [3.05, 3.63) is 22.7 Å². The molecular formula is C12H17ClN4O2. The molecule has 104 valence electrons. The quantitative estimate of drug-likeness (QED) is 0.472. The highest BCUT2D eigenvalue weighted by atomic mass is 35.5. The van der Waals surface area contributed by atoms with E-state index in [-0.39, 0.29) is 5.96 Å². The van der Waals surface area contributed by atoms with Crippen molar-refractivity contribution in [2.45, 2.75) is 13.3 Å². The molecule has 0 amide bonds. The molecule has 0 saturated heterocycles. The number of nitrogens with zero attached hydrogens (tertiary/aromatic N) is 2. The number of nitrogens with two attached hydrogens (primary N) is 2. The molecule has 0 aliphatic carbocycles. The van der Waals surface area contributed by atoms with Crippen molar-refractivity contribution in [1.82, 2.24) is 0 Å². The molecule has 1 aromatic carbocycles. The summed E-state index contributed by atoms with van der Waals surface area (Å²) >= 11 is 6.14. The van der Waals surface area contributed by atoms with Crippen LogP contribution in [0.1, 0.15) is 18.9 Å². The lowest BCUT2D eigenvalue weighted by atomic mass is 10.2. The largest absolute Gasteiger partial charge is 0.493 e. The lowest BCUT2D eigenvalue weighted by Crippen LogP contribution is -2.21. The molecule has 4 N–H and O–H groups in total. The van der Waals surface area contributed by atoms with E-state index in [0.717, 1.165) is 6.42 Å². The van der Waals surface area contributed by atoms with Crippen molar-refractivity contribution in [2.75, 3.05) is 13.7 Å². The second-order valence-electron chi connectivity index (χ2n) is 3.65. The summed E-state index contributed by atoms with van der Waals surface area (Å²) in [5, 5.41) is 7.65. The van der Waals surface area contributed by atoms with Crippen molar-refractivity contribution in [1.29, 1.82) is 0 Å². The molecule has 0 aliphatic heterocycles. The van der Waals surface area contributed by atoms with Crippen LogP contribution in [0.25, 0.3) is 0 Å². The van der Waals surface area contributed by atoms with Crippen molar-refractivity contribution in [2.24, 2.45) is 21.7 Å². The van der Waals surface area contributed by atoms with E-state index in [1.54, 1.807) is 19.2 Å². The number of ether oxygens (including phenoxy) is 2. The van der Waals surface area contributed by atoms with Gasteiger partial charge in [0.15, 0.2) is 11.5 Å². The van der Waals surface area contributed by atoms with Gasteiger partial charge in [-0.05, 0) is 18.6 Å². The Kier molecular flexibility index (Phi) is 5.95. The minimum absolute atomic E-state index is 0.114. The summed E-state index contributed by atoms with van der Waals surface area (Å²) in [4.78, 5) is 0. The van der Waals surface area contributed by atoms with Gasteiger partial charge >= 0.3 is 0 Å². The van der Waals surface area contributed by atoms with Gasteiger partial charge in [-0.3, -0.25) is 0 Å². The number of benzene rings is 1. The highest BCUT2D eigenvalue weighted by molar-refractivity contribution is 6.32. The first-order chi connectivity index (χ1) is 9.08. The zero-order valence-electron chi connectivity index (χ0n) is 10.9. The summed E-state index contributed by atoms with van der Waals surface area (Å²) in [6.45, 7) is 2.58. The van der Waals surface area contributed by atoms with Crippen molar-refractivity contribution >= 4 is 23.8 Å². The van der Waals surface area contributed by atoms with Crippen LogP contribution in [-0.2, 0) is 0 Å². The Balaban J connectivity index is 3.01. The SMILES string of the molecule is CCCOc1c(Cl)cc(/C=N/N=C(N)N)cc1OC. The molecule has 6 nitrogen and oxygen atoms in total. The molecule has 1 aromatic rings. The van der Waals surface area contributed by atoms with Crippen LogP contribution in [0, 0.1) is 0 Å².